The van der Waals surface area contributed by atoms with E-state index in [4.69, 9.17) is 4.74 Å². The average molecular weight is 390 g/mol. The van der Waals surface area contributed by atoms with Gasteiger partial charge in [0.2, 0.25) is 5.91 Å². The highest BCUT2D eigenvalue weighted by molar-refractivity contribution is 5.89. The summed E-state index contributed by atoms with van der Waals surface area (Å²) in [6.07, 6.45) is 1.57. The zero-order valence-electron chi connectivity index (χ0n) is 16.8. The van der Waals surface area contributed by atoms with Gasteiger partial charge in [0.15, 0.2) is 0 Å². The van der Waals surface area contributed by atoms with E-state index < -0.39 is 0 Å². The van der Waals surface area contributed by atoms with E-state index in [1.54, 1.807) is 7.11 Å². The van der Waals surface area contributed by atoms with Crippen molar-refractivity contribution in [3.8, 4) is 5.75 Å². The SMILES string of the molecule is COc1ccccc1C1CC(C(=O)N2CCc3[nH]c4c(C)cccc4c3C2)NN1. The summed E-state index contributed by atoms with van der Waals surface area (Å²) in [6.45, 7) is 3.53. The lowest BCUT2D eigenvalue weighted by Gasteiger charge is -2.29. The second-order valence-corrected chi connectivity index (χ2v) is 7.96. The molecular formula is C23H26N4O2. The third-order valence-corrected chi connectivity index (χ3v) is 6.25. The van der Waals surface area contributed by atoms with E-state index >= 15 is 0 Å². The third-order valence-electron chi connectivity index (χ3n) is 6.25. The molecular weight excluding hydrogens is 364 g/mol. The van der Waals surface area contributed by atoms with Crippen LogP contribution in [0.5, 0.6) is 5.75 Å². The van der Waals surface area contributed by atoms with Gasteiger partial charge in [-0.2, -0.15) is 0 Å². The molecule has 2 aliphatic rings. The molecule has 2 aliphatic heterocycles. The van der Waals surface area contributed by atoms with Gasteiger partial charge in [-0.1, -0.05) is 36.4 Å². The number of rotatable bonds is 3. The first-order valence-corrected chi connectivity index (χ1v) is 10.2. The Labute approximate surface area is 170 Å². The Bertz CT molecular complexity index is 1070. The topological polar surface area (TPSA) is 69.4 Å². The van der Waals surface area contributed by atoms with Crippen LogP contribution in [0.2, 0.25) is 0 Å². The molecule has 1 fully saturated rings. The molecule has 29 heavy (non-hydrogen) atoms. The van der Waals surface area contributed by atoms with Gasteiger partial charge in [0.25, 0.3) is 0 Å². The van der Waals surface area contributed by atoms with Gasteiger partial charge in [0, 0.05) is 47.2 Å². The molecule has 2 unspecified atom stereocenters. The number of nitrogens with zero attached hydrogens (tertiary/aromatic N) is 1. The number of para-hydroxylation sites is 2. The van der Waals surface area contributed by atoms with Gasteiger partial charge >= 0.3 is 0 Å². The van der Waals surface area contributed by atoms with Gasteiger partial charge in [-0.15, -0.1) is 0 Å². The first kappa shape index (κ1) is 18.2. The second kappa shape index (κ2) is 7.21. The van der Waals surface area contributed by atoms with Crippen LogP contribution in [0.3, 0.4) is 0 Å². The van der Waals surface area contributed by atoms with Crippen LogP contribution >= 0.6 is 0 Å². The molecule has 1 aromatic heterocycles. The summed E-state index contributed by atoms with van der Waals surface area (Å²) in [5.41, 5.74) is 12.5. The summed E-state index contributed by atoms with van der Waals surface area (Å²) >= 11 is 0. The zero-order valence-corrected chi connectivity index (χ0v) is 16.8. The molecule has 6 nitrogen and oxygen atoms in total. The van der Waals surface area contributed by atoms with Crippen LogP contribution in [0.1, 0.15) is 34.8 Å². The fraction of sp³-hybridized carbons (Fsp3) is 0.348. The number of fused-ring (bicyclic) bond motifs is 3. The van der Waals surface area contributed by atoms with E-state index in [1.807, 2.05) is 29.2 Å². The van der Waals surface area contributed by atoms with E-state index in [1.165, 1.54) is 27.7 Å². The van der Waals surface area contributed by atoms with Gasteiger partial charge in [-0.05, 0) is 25.0 Å². The molecule has 0 saturated carbocycles. The molecule has 150 valence electrons. The maximum absolute atomic E-state index is 13.2. The quantitative estimate of drug-likeness (QED) is 0.643. The summed E-state index contributed by atoms with van der Waals surface area (Å²) in [5, 5.41) is 1.24. The predicted octanol–water partition coefficient (Wildman–Crippen LogP) is 2.98. The normalized spacial score (nSPS) is 21.4. The van der Waals surface area contributed by atoms with E-state index in [-0.39, 0.29) is 18.0 Å². The van der Waals surface area contributed by atoms with Crippen LogP contribution in [0.15, 0.2) is 42.5 Å². The van der Waals surface area contributed by atoms with Crippen LogP contribution in [-0.4, -0.2) is 35.5 Å². The zero-order chi connectivity index (χ0) is 20.0. The largest absolute Gasteiger partial charge is 0.496 e. The van der Waals surface area contributed by atoms with Crippen molar-refractivity contribution in [3.05, 3.63) is 64.8 Å². The van der Waals surface area contributed by atoms with E-state index in [9.17, 15) is 4.79 Å². The Hall–Kier alpha value is -2.83. The molecule has 3 heterocycles. The number of benzene rings is 2. The number of amides is 1. The average Bonchev–Trinajstić information content (AvgIpc) is 3.39. The first-order chi connectivity index (χ1) is 14.2. The molecule has 0 bridgehead atoms. The Balaban J connectivity index is 1.33. The van der Waals surface area contributed by atoms with E-state index in [0.717, 1.165) is 24.3 Å². The summed E-state index contributed by atoms with van der Waals surface area (Å²) < 4.78 is 5.48. The predicted molar refractivity (Wildman–Crippen MR) is 113 cm³/mol. The molecule has 3 N–H and O–H groups in total. The molecule has 0 aliphatic carbocycles. The molecule has 0 spiro atoms. The lowest BCUT2D eigenvalue weighted by molar-refractivity contribution is -0.134. The van der Waals surface area contributed by atoms with Crippen molar-refractivity contribution in [1.29, 1.82) is 0 Å². The lowest BCUT2D eigenvalue weighted by Crippen LogP contribution is -2.47. The maximum Gasteiger partial charge on any atom is 0.241 e. The van der Waals surface area contributed by atoms with Crippen LogP contribution < -0.4 is 15.6 Å². The van der Waals surface area contributed by atoms with Crippen LogP contribution in [0.25, 0.3) is 10.9 Å². The van der Waals surface area contributed by atoms with E-state index in [2.05, 4.69) is 41.0 Å². The Kier molecular flexibility index (Phi) is 4.53. The summed E-state index contributed by atoms with van der Waals surface area (Å²) in [4.78, 5) is 18.8. The van der Waals surface area contributed by atoms with Gasteiger partial charge in [-0.25, -0.2) is 10.9 Å². The molecule has 1 amide bonds. The highest BCUT2D eigenvalue weighted by atomic mass is 16.5. The Morgan fingerprint density at radius 1 is 1.14 bits per heavy atom. The van der Waals surface area contributed by atoms with Crippen molar-refractivity contribution in [2.24, 2.45) is 0 Å². The monoisotopic (exact) mass is 390 g/mol. The van der Waals surface area contributed by atoms with Gasteiger partial charge in [0.1, 0.15) is 11.8 Å². The number of carbonyl (C=O) groups excluding carboxylic acids is 1. The fourth-order valence-electron chi connectivity index (χ4n) is 4.67. The van der Waals surface area contributed by atoms with Gasteiger partial charge < -0.3 is 14.6 Å². The first-order valence-electron chi connectivity index (χ1n) is 10.2. The third kappa shape index (κ3) is 3.09. The molecule has 3 aromatic rings. The minimum absolute atomic E-state index is 0.0520. The van der Waals surface area contributed by atoms with Crippen LogP contribution in [0, 0.1) is 6.92 Å². The van der Waals surface area contributed by atoms with Crippen molar-refractivity contribution in [3.63, 3.8) is 0 Å². The minimum Gasteiger partial charge on any atom is -0.496 e. The Morgan fingerprint density at radius 2 is 2.00 bits per heavy atom. The maximum atomic E-state index is 13.2. The number of carbonyl (C=O) groups is 1. The van der Waals surface area contributed by atoms with Crippen molar-refractivity contribution in [2.45, 2.75) is 38.4 Å². The number of H-pyrrole nitrogens is 1. The molecule has 0 radical (unpaired) electrons. The number of aryl methyl sites for hydroxylation is 1. The van der Waals surface area contributed by atoms with Crippen LogP contribution in [0.4, 0.5) is 0 Å². The van der Waals surface area contributed by atoms with Gasteiger partial charge in [-0.3, -0.25) is 4.79 Å². The van der Waals surface area contributed by atoms with Crippen molar-refractivity contribution in [2.75, 3.05) is 13.7 Å². The minimum atomic E-state index is -0.238. The van der Waals surface area contributed by atoms with Gasteiger partial charge in [0.05, 0.1) is 13.2 Å². The Morgan fingerprint density at radius 3 is 2.86 bits per heavy atom. The smallest absolute Gasteiger partial charge is 0.241 e. The van der Waals surface area contributed by atoms with Crippen molar-refractivity contribution in [1.82, 2.24) is 20.7 Å². The molecule has 2 atom stereocenters. The summed E-state index contributed by atoms with van der Waals surface area (Å²) in [6, 6.07) is 14.1. The summed E-state index contributed by atoms with van der Waals surface area (Å²) in [7, 11) is 1.68. The van der Waals surface area contributed by atoms with Crippen LogP contribution in [-0.2, 0) is 17.8 Å². The number of hydrogen-bond donors (Lipinski definition) is 3. The number of hydrogen-bond acceptors (Lipinski definition) is 4. The number of ether oxygens (including phenoxy) is 1. The lowest BCUT2D eigenvalue weighted by atomic mass is 9.99. The second-order valence-electron chi connectivity index (χ2n) is 7.96. The van der Waals surface area contributed by atoms with Crippen molar-refractivity contribution < 1.29 is 9.53 Å². The number of aromatic amines is 1. The molecule has 1 saturated heterocycles. The number of methoxy groups -OCH3 is 1. The standard InChI is InChI=1S/C23H26N4O2/c1-14-6-5-8-15-17-13-27(11-10-18(17)24-22(14)15)23(28)20-12-19(25-26-20)16-7-3-4-9-21(16)29-2/h3-9,19-20,24-26H,10-13H2,1-2H3. The van der Waals surface area contributed by atoms with Crippen molar-refractivity contribution >= 4 is 16.8 Å². The molecule has 5 rings (SSSR count). The number of aromatic nitrogens is 1. The molecule has 2 aromatic carbocycles. The fourth-order valence-corrected chi connectivity index (χ4v) is 4.67. The number of nitrogens with one attached hydrogen (secondary N) is 3. The summed E-state index contributed by atoms with van der Waals surface area (Å²) in [5.74, 6) is 0.999. The highest BCUT2D eigenvalue weighted by Gasteiger charge is 2.35. The number of hydrazine groups is 1. The van der Waals surface area contributed by atoms with E-state index in [0.29, 0.717) is 13.0 Å². The molecule has 6 heteroatoms. The highest BCUT2D eigenvalue weighted by Crippen LogP contribution is 2.32.